The maximum atomic E-state index is 12.7. The molecule has 0 aromatic heterocycles. The van der Waals surface area contributed by atoms with Gasteiger partial charge in [-0.15, -0.1) is 0 Å². The van der Waals surface area contributed by atoms with Crippen LogP contribution in [0.2, 0.25) is 0 Å². The van der Waals surface area contributed by atoms with E-state index in [-0.39, 0.29) is 5.83 Å². The summed E-state index contributed by atoms with van der Waals surface area (Å²) in [6.07, 6.45) is 0.781. The molecule has 0 bridgehead atoms. The third kappa shape index (κ3) is 1.18. The van der Waals surface area contributed by atoms with Gasteiger partial charge in [0.05, 0.1) is 5.71 Å². The Hall–Kier alpha value is -0.660. The summed E-state index contributed by atoms with van der Waals surface area (Å²) in [7, 11) is 0. The van der Waals surface area contributed by atoms with Crippen molar-refractivity contribution in [2.24, 2.45) is 4.99 Å². The lowest BCUT2D eigenvalue weighted by atomic mass is 10.1. The molecular weight excluding hydrogens is 117 g/mol. The van der Waals surface area contributed by atoms with Gasteiger partial charge in [0, 0.05) is 6.54 Å². The minimum Gasteiger partial charge on any atom is -0.287 e. The van der Waals surface area contributed by atoms with Crippen LogP contribution in [-0.4, -0.2) is 12.3 Å². The van der Waals surface area contributed by atoms with Crippen LogP contribution in [0.4, 0.5) is 4.39 Å². The largest absolute Gasteiger partial charge is 0.287 e. The lowest BCUT2D eigenvalue weighted by Crippen LogP contribution is -2.03. The minimum absolute atomic E-state index is 0.110. The Labute approximate surface area is 54.3 Å². The van der Waals surface area contributed by atoms with E-state index in [1.165, 1.54) is 0 Å². The monoisotopic (exact) mass is 127 g/mol. The molecule has 0 unspecified atom stereocenters. The molecule has 1 rings (SSSR count). The summed E-state index contributed by atoms with van der Waals surface area (Å²) in [5, 5.41) is 0. The van der Waals surface area contributed by atoms with Crippen molar-refractivity contribution < 1.29 is 4.39 Å². The molecule has 0 amide bonds. The van der Waals surface area contributed by atoms with Crippen LogP contribution in [0.5, 0.6) is 0 Å². The van der Waals surface area contributed by atoms with Gasteiger partial charge in [-0.3, -0.25) is 4.99 Å². The number of rotatable bonds is 0. The Morgan fingerprint density at radius 3 is 2.56 bits per heavy atom. The quantitative estimate of drug-likeness (QED) is 0.472. The number of hydrogen-bond donors (Lipinski definition) is 0. The fourth-order valence-corrected chi connectivity index (χ4v) is 0.879. The molecule has 0 saturated carbocycles. The summed E-state index contributed by atoms with van der Waals surface area (Å²) in [6, 6.07) is 0. The van der Waals surface area contributed by atoms with Crippen molar-refractivity contribution in [3.63, 3.8) is 0 Å². The van der Waals surface area contributed by atoms with Crippen molar-refractivity contribution in [2.45, 2.75) is 20.3 Å². The molecule has 0 atom stereocenters. The number of hydrogen-bond acceptors (Lipinski definition) is 1. The SMILES string of the molecule is CC1=NCCC(C)=C1F. The maximum Gasteiger partial charge on any atom is 0.142 e. The lowest BCUT2D eigenvalue weighted by molar-refractivity contribution is 0.648. The highest BCUT2D eigenvalue weighted by atomic mass is 19.1. The van der Waals surface area contributed by atoms with Crippen molar-refractivity contribution in [3.05, 3.63) is 11.4 Å². The first-order chi connectivity index (χ1) is 4.22. The topological polar surface area (TPSA) is 12.4 Å². The molecule has 0 saturated heterocycles. The first-order valence-corrected chi connectivity index (χ1v) is 3.08. The molecule has 0 aromatic rings. The number of halogens is 1. The van der Waals surface area contributed by atoms with Gasteiger partial charge in [0.2, 0.25) is 0 Å². The minimum atomic E-state index is -0.110. The second kappa shape index (κ2) is 2.29. The number of dihydropyridines is 1. The fourth-order valence-electron chi connectivity index (χ4n) is 0.879. The Balaban J connectivity index is 2.88. The highest BCUT2D eigenvalue weighted by Gasteiger charge is 2.08. The first kappa shape index (κ1) is 6.46. The third-order valence-corrected chi connectivity index (χ3v) is 1.53. The molecular formula is C7H10FN. The van der Waals surface area contributed by atoms with Gasteiger partial charge in [0.15, 0.2) is 0 Å². The third-order valence-electron chi connectivity index (χ3n) is 1.53. The molecule has 9 heavy (non-hydrogen) atoms. The van der Waals surface area contributed by atoms with Crippen LogP contribution in [0, 0.1) is 0 Å². The van der Waals surface area contributed by atoms with Gasteiger partial charge < -0.3 is 0 Å². The Bertz CT molecular complexity index is 179. The molecule has 0 N–H and O–H groups in total. The molecule has 1 aliphatic rings. The van der Waals surface area contributed by atoms with Crippen LogP contribution >= 0.6 is 0 Å². The molecule has 50 valence electrons. The standard InChI is InChI=1S/C7H10FN/c1-5-3-4-9-6(2)7(5)8/h3-4H2,1-2H3. The van der Waals surface area contributed by atoms with Crippen molar-refractivity contribution in [1.82, 2.24) is 0 Å². The van der Waals surface area contributed by atoms with E-state index >= 15 is 0 Å². The van der Waals surface area contributed by atoms with Crippen LogP contribution in [-0.2, 0) is 0 Å². The van der Waals surface area contributed by atoms with Crippen molar-refractivity contribution in [1.29, 1.82) is 0 Å². The van der Waals surface area contributed by atoms with Gasteiger partial charge in [-0.05, 0) is 25.8 Å². The normalized spacial score (nSPS) is 20.1. The zero-order valence-electron chi connectivity index (χ0n) is 5.74. The van der Waals surface area contributed by atoms with Gasteiger partial charge in [0.1, 0.15) is 5.83 Å². The number of nitrogens with zero attached hydrogens (tertiary/aromatic N) is 1. The summed E-state index contributed by atoms with van der Waals surface area (Å²) in [4.78, 5) is 3.95. The Morgan fingerprint density at radius 1 is 1.44 bits per heavy atom. The molecule has 1 nitrogen and oxygen atoms in total. The van der Waals surface area contributed by atoms with E-state index in [0.29, 0.717) is 5.71 Å². The Kier molecular flexibility index (Phi) is 1.65. The van der Waals surface area contributed by atoms with Gasteiger partial charge in [-0.1, -0.05) is 0 Å². The summed E-state index contributed by atoms with van der Waals surface area (Å²) >= 11 is 0. The molecule has 0 aromatic carbocycles. The maximum absolute atomic E-state index is 12.7. The van der Waals surface area contributed by atoms with Gasteiger partial charge >= 0.3 is 0 Å². The second-order valence-electron chi connectivity index (χ2n) is 2.31. The molecule has 1 aliphatic heterocycles. The van der Waals surface area contributed by atoms with E-state index in [4.69, 9.17) is 0 Å². The predicted molar refractivity (Wildman–Crippen MR) is 36.4 cm³/mol. The van der Waals surface area contributed by atoms with Crippen molar-refractivity contribution >= 4 is 5.71 Å². The van der Waals surface area contributed by atoms with Gasteiger partial charge in [-0.2, -0.15) is 0 Å². The lowest BCUT2D eigenvalue weighted by Gasteiger charge is -2.08. The number of aliphatic imine (C=N–C) groups is 1. The first-order valence-electron chi connectivity index (χ1n) is 3.08. The van der Waals surface area contributed by atoms with Crippen LogP contribution in [0.3, 0.4) is 0 Å². The van der Waals surface area contributed by atoms with Crippen molar-refractivity contribution in [2.75, 3.05) is 6.54 Å². The van der Waals surface area contributed by atoms with Crippen LogP contribution in [0.25, 0.3) is 0 Å². The van der Waals surface area contributed by atoms with E-state index in [2.05, 4.69) is 4.99 Å². The zero-order chi connectivity index (χ0) is 6.85. The van der Waals surface area contributed by atoms with Gasteiger partial charge in [0.25, 0.3) is 0 Å². The summed E-state index contributed by atoms with van der Waals surface area (Å²) in [5.74, 6) is -0.110. The van der Waals surface area contributed by atoms with Crippen molar-refractivity contribution in [3.8, 4) is 0 Å². The van der Waals surface area contributed by atoms with Crippen LogP contribution in [0.1, 0.15) is 20.3 Å². The second-order valence-corrected chi connectivity index (χ2v) is 2.31. The number of allylic oxidation sites excluding steroid dienone is 1. The molecule has 0 spiro atoms. The van der Waals surface area contributed by atoms with E-state index in [1.54, 1.807) is 6.92 Å². The van der Waals surface area contributed by atoms with E-state index in [1.807, 2.05) is 6.92 Å². The smallest absolute Gasteiger partial charge is 0.142 e. The molecule has 0 radical (unpaired) electrons. The summed E-state index contributed by atoms with van der Waals surface area (Å²) in [6.45, 7) is 4.27. The molecule has 0 aliphatic carbocycles. The van der Waals surface area contributed by atoms with E-state index < -0.39 is 0 Å². The average molecular weight is 127 g/mol. The predicted octanol–water partition coefficient (Wildman–Crippen LogP) is 2.09. The van der Waals surface area contributed by atoms with E-state index in [0.717, 1.165) is 18.5 Å². The fraction of sp³-hybridized carbons (Fsp3) is 0.571. The van der Waals surface area contributed by atoms with Gasteiger partial charge in [-0.25, -0.2) is 4.39 Å². The molecule has 0 fully saturated rings. The Morgan fingerprint density at radius 2 is 2.11 bits per heavy atom. The highest BCUT2D eigenvalue weighted by molar-refractivity contribution is 5.97. The average Bonchev–Trinajstić information content (AvgIpc) is 1.83. The summed E-state index contributed by atoms with van der Waals surface area (Å²) < 4.78 is 12.7. The van der Waals surface area contributed by atoms with Crippen LogP contribution < -0.4 is 0 Å². The summed E-state index contributed by atoms with van der Waals surface area (Å²) in [5.41, 5.74) is 1.39. The van der Waals surface area contributed by atoms with E-state index in [9.17, 15) is 4.39 Å². The highest BCUT2D eigenvalue weighted by Crippen LogP contribution is 2.15. The molecule has 1 heterocycles. The molecule has 2 heteroatoms. The van der Waals surface area contributed by atoms with Crippen LogP contribution in [0.15, 0.2) is 16.4 Å². The zero-order valence-corrected chi connectivity index (χ0v) is 5.74.